The maximum atomic E-state index is 14.4. The van der Waals surface area contributed by atoms with Crippen molar-refractivity contribution in [1.82, 2.24) is 24.8 Å². The average molecular weight is 541 g/mol. The molecule has 3 aromatic rings. The van der Waals surface area contributed by atoms with Gasteiger partial charge in [0, 0.05) is 31.4 Å². The van der Waals surface area contributed by atoms with Crippen molar-refractivity contribution in [2.45, 2.75) is 45.7 Å². The highest BCUT2D eigenvalue weighted by atomic mass is 19.1. The molecule has 11 nitrogen and oxygen atoms in total. The largest absolute Gasteiger partial charge is 0.465 e. The van der Waals surface area contributed by atoms with Crippen molar-refractivity contribution in [2.75, 3.05) is 19.4 Å². The first-order chi connectivity index (χ1) is 18.5. The molecule has 12 heteroatoms. The SMILES string of the molecule is CC(C)Cc1ncc(F)c2cc(Cn3cccc(NC(=O)C(CC/C=C/C(=O)N(C)C)NC(=O)O)c3=O)[nH]c12. The molecule has 3 heterocycles. The number of H-pyrrole nitrogens is 1. The van der Waals surface area contributed by atoms with Gasteiger partial charge >= 0.3 is 6.09 Å². The Labute approximate surface area is 224 Å². The molecular weight excluding hydrogens is 507 g/mol. The second kappa shape index (κ2) is 12.9. The Morgan fingerprint density at radius 1 is 1.28 bits per heavy atom. The van der Waals surface area contributed by atoms with Crippen molar-refractivity contribution in [1.29, 1.82) is 0 Å². The molecule has 39 heavy (non-hydrogen) atoms. The van der Waals surface area contributed by atoms with Crippen LogP contribution < -0.4 is 16.2 Å². The van der Waals surface area contributed by atoms with Crippen LogP contribution in [0.15, 0.2) is 47.5 Å². The predicted molar refractivity (Wildman–Crippen MR) is 145 cm³/mol. The molecule has 1 atom stereocenters. The number of likely N-dealkylation sites (N-methyl/N-ethyl adjacent to an activating group) is 1. The number of hydrogen-bond acceptors (Lipinski definition) is 5. The third-order valence-corrected chi connectivity index (χ3v) is 5.91. The second-order valence-electron chi connectivity index (χ2n) is 9.79. The van der Waals surface area contributed by atoms with Gasteiger partial charge < -0.3 is 30.2 Å². The Morgan fingerprint density at radius 3 is 2.69 bits per heavy atom. The maximum Gasteiger partial charge on any atom is 0.405 e. The number of carboxylic acid groups (broad SMARTS) is 1. The number of halogens is 1. The fraction of sp³-hybridized carbons (Fsp3) is 0.370. The zero-order valence-electron chi connectivity index (χ0n) is 22.3. The van der Waals surface area contributed by atoms with Gasteiger partial charge in [-0.1, -0.05) is 19.9 Å². The fourth-order valence-corrected chi connectivity index (χ4v) is 4.00. The number of allylic oxidation sites excluding steroid dienone is 1. The van der Waals surface area contributed by atoms with Gasteiger partial charge in [-0.25, -0.2) is 9.18 Å². The Morgan fingerprint density at radius 2 is 2.03 bits per heavy atom. The topological polar surface area (TPSA) is 149 Å². The van der Waals surface area contributed by atoms with E-state index in [4.69, 9.17) is 5.11 Å². The van der Waals surface area contributed by atoms with Gasteiger partial charge in [-0.2, -0.15) is 0 Å². The van der Waals surface area contributed by atoms with Crippen LogP contribution in [0.5, 0.6) is 0 Å². The molecule has 0 spiro atoms. The van der Waals surface area contributed by atoms with Crippen LogP contribution in [0.3, 0.4) is 0 Å². The number of anilines is 1. The molecule has 0 aliphatic heterocycles. The number of rotatable bonds is 11. The van der Waals surface area contributed by atoms with E-state index < -0.39 is 29.4 Å². The number of amides is 3. The van der Waals surface area contributed by atoms with E-state index >= 15 is 0 Å². The van der Waals surface area contributed by atoms with E-state index in [1.807, 2.05) is 13.8 Å². The van der Waals surface area contributed by atoms with E-state index in [9.17, 15) is 23.6 Å². The summed E-state index contributed by atoms with van der Waals surface area (Å²) < 4.78 is 15.8. The van der Waals surface area contributed by atoms with Crippen molar-refractivity contribution < 1.29 is 23.9 Å². The highest BCUT2D eigenvalue weighted by molar-refractivity contribution is 5.96. The van der Waals surface area contributed by atoms with Crippen LogP contribution in [0, 0.1) is 11.7 Å². The van der Waals surface area contributed by atoms with E-state index in [0.717, 1.165) is 5.69 Å². The first kappa shape index (κ1) is 29.1. The van der Waals surface area contributed by atoms with Crippen LogP contribution in [-0.2, 0) is 22.6 Å². The molecule has 3 aromatic heterocycles. The van der Waals surface area contributed by atoms with Crippen LogP contribution in [0.4, 0.5) is 14.9 Å². The summed E-state index contributed by atoms with van der Waals surface area (Å²) in [6.45, 7) is 4.16. The van der Waals surface area contributed by atoms with Gasteiger partial charge in [-0.3, -0.25) is 19.4 Å². The van der Waals surface area contributed by atoms with Crippen LogP contribution in [-0.4, -0.2) is 62.6 Å². The molecule has 208 valence electrons. The number of hydrogen-bond donors (Lipinski definition) is 4. The lowest BCUT2D eigenvalue weighted by molar-refractivity contribution is -0.123. The lowest BCUT2D eigenvalue weighted by Gasteiger charge is -2.16. The van der Waals surface area contributed by atoms with E-state index in [2.05, 4.69) is 20.6 Å². The third-order valence-electron chi connectivity index (χ3n) is 5.91. The standard InChI is InChI=1S/C27H33FN6O5/c1-16(2)12-22-24-18(19(28)14-29-22)13-17(30-24)15-34-11-7-9-21(26(34)37)31-25(36)20(32-27(38)39)8-5-6-10-23(35)33(3)4/h6-7,9-11,13-14,16,20,30,32H,5,8,12,15H2,1-4H3,(H,31,36)(H,38,39)/b10-6+. The van der Waals surface area contributed by atoms with Crippen LogP contribution in [0.25, 0.3) is 10.9 Å². The van der Waals surface area contributed by atoms with Gasteiger partial charge in [0.25, 0.3) is 5.56 Å². The average Bonchev–Trinajstić information content (AvgIpc) is 3.29. The molecule has 1 unspecified atom stereocenters. The Kier molecular flexibility index (Phi) is 9.58. The number of aromatic nitrogens is 3. The molecular formula is C27H33FN6O5. The van der Waals surface area contributed by atoms with E-state index in [1.165, 1.54) is 34.0 Å². The number of pyridine rings is 2. The second-order valence-corrected chi connectivity index (χ2v) is 9.79. The summed E-state index contributed by atoms with van der Waals surface area (Å²) in [6.07, 6.45) is 5.20. The summed E-state index contributed by atoms with van der Waals surface area (Å²) in [6, 6.07) is 3.47. The number of aromatic amines is 1. The minimum atomic E-state index is -1.40. The molecule has 0 fully saturated rings. The minimum Gasteiger partial charge on any atom is -0.465 e. The Hall–Kier alpha value is -4.48. The molecule has 4 N–H and O–H groups in total. The summed E-state index contributed by atoms with van der Waals surface area (Å²) in [5.41, 5.74) is 1.34. The zero-order valence-corrected chi connectivity index (χ0v) is 22.3. The van der Waals surface area contributed by atoms with Crippen molar-refractivity contribution in [3.8, 4) is 0 Å². The van der Waals surface area contributed by atoms with Crippen LogP contribution >= 0.6 is 0 Å². The van der Waals surface area contributed by atoms with Crippen LogP contribution in [0.2, 0.25) is 0 Å². The molecule has 0 radical (unpaired) electrons. The summed E-state index contributed by atoms with van der Waals surface area (Å²) in [5, 5.41) is 14.2. The smallest absolute Gasteiger partial charge is 0.405 e. The number of fused-ring (bicyclic) bond motifs is 1. The normalized spacial score (nSPS) is 12.2. The molecule has 0 saturated heterocycles. The van der Waals surface area contributed by atoms with Crippen molar-refractivity contribution in [3.63, 3.8) is 0 Å². The number of carbonyl (C=O) groups excluding carboxylic acids is 2. The maximum absolute atomic E-state index is 14.4. The highest BCUT2D eigenvalue weighted by Crippen LogP contribution is 2.23. The Balaban J connectivity index is 1.77. The molecule has 0 saturated carbocycles. The Bertz CT molecular complexity index is 1440. The predicted octanol–water partition coefficient (Wildman–Crippen LogP) is 3.11. The van der Waals surface area contributed by atoms with Gasteiger partial charge in [0.05, 0.1) is 24.0 Å². The van der Waals surface area contributed by atoms with Crippen LogP contribution in [0.1, 0.15) is 38.1 Å². The molecule has 3 rings (SSSR count). The fourth-order valence-electron chi connectivity index (χ4n) is 4.00. The zero-order chi connectivity index (χ0) is 28.7. The van der Waals surface area contributed by atoms with E-state index in [0.29, 0.717) is 28.9 Å². The van der Waals surface area contributed by atoms with Gasteiger partial charge in [-0.15, -0.1) is 0 Å². The van der Waals surface area contributed by atoms with Crippen molar-refractivity contribution >= 4 is 34.5 Å². The highest BCUT2D eigenvalue weighted by Gasteiger charge is 2.21. The van der Waals surface area contributed by atoms with Crippen molar-refractivity contribution in [2.24, 2.45) is 5.92 Å². The molecule has 0 aromatic carbocycles. The molecule has 0 aliphatic rings. The van der Waals surface area contributed by atoms with Gasteiger partial charge in [0.2, 0.25) is 11.8 Å². The van der Waals surface area contributed by atoms with E-state index in [-0.39, 0.29) is 31.0 Å². The lowest BCUT2D eigenvalue weighted by atomic mass is 10.1. The monoisotopic (exact) mass is 540 g/mol. The number of nitrogens with one attached hydrogen (secondary N) is 3. The first-order valence-corrected chi connectivity index (χ1v) is 12.5. The minimum absolute atomic E-state index is 0.0394. The summed E-state index contributed by atoms with van der Waals surface area (Å²) >= 11 is 0. The lowest BCUT2D eigenvalue weighted by Crippen LogP contribution is -2.44. The van der Waals surface area contributed by atoms with Gasteiger partial charge in [0.1, 0.15) is 11.7 Å². The molecule has 0 bridgehead atoms. The molecule has 3 amide bonds. The summed E-state index contributed by atoms with van der Waals surface area (Å²) in [4.78, 5) is 57.6. The van der Waals surface area contributed by atoms with E-state index in [1.54, 1.807) is 32.3 Å². The van der Waals surface area contributed by atoms with Gasteiger partial charge in [0.15, 0.2) is 5.82 Å². The van der Waals surface area contributed by atoms with Crippen molar-refractivity contribution in [3.05, 3.63) is 70.3 Å². The number of carbonyl (C=O) groups is 3. The summed E-state index contributed by atoms with van der Waals surface area (Å²) in [7, 11) is 3.19. The molecule has 0 aliphatic carbocycles. The third kappa shape index (κ3) is 7.76. The number of nitrogens with zero attached hydrogens (tertiary/aromatic N) is 3. The summed E-state index contributed by atoms with van der Waals surface area (Å²) in [5.74, 6) is -1.10. The first-order valence-electron chi connectivity index (χ1n) is 12.5. The quantitative estimate of drug-likeness (QED) is 0.275. The van der Waals surface area contributed by atoms with Gasteiger partial charge in [-0.05, 0) is 49.5 Å².